The molecule has 1 aromatic rings. The molecule has 2 rings (SSSR count). The van der Waals surface area contributed by atoms with Crippen molar-refractivity contribution < 1.29 is 4.74 Å². The number of hydrogen-bond donors (Lipinski definition) is 2. The van der Waals surface area contributed by atoms with E-state index in [-0.39, 0.29) is 0 Å². The molecule has 1 heterocycles. The summed E-state index contributed by atoms with van der Waals surface area (Å²) in [7, 11) is 0. The van der Waals surface area contributed by atoms with Crippen LogP contribution in [0.4, 0.5) is 0 Å². The van der Waals surface area contributed by atoms with Crippen molar-refractivity contribution in [2.24, 2.45) is 0 Å². The molecule has 3 heteroatoms. The molecule has 0 saturated carbocycles. The van der Waals surface area contributed by atoms with Crippen LogP contribution in [0, 0.1) is 0 Å². The van der Waals surface area contributed by atoms with Crippen LogP contribution < -0.4 is 15.4 Å². The maximum atomic E-state index is 5.63. The highest BCUT2D eigenvalue weighted by molar-refractivity contribution is 5.38. The number of likely N-dealkylation sites (N-methyl/N-ethyl adjacent to an activating group) is 1. The van der Waals surface area contributed by atoms with E-state index in [0.717, 1.165) is 44.8 Å². The van der Waals surface area contributed by atoms with Gasteiger partial charge in [0.25, 0.3) is 0 Å². The Bertz CT molecular complexity index is 379. The van der Waals surface area contributed by atoms with E-state index in [1.165, 1.54) is 11.1 Å². The topological polar surface area (TPSA) is 33.3 Å². The predicted molar refractivity (Wildman–Crippen MR) is 75.1 cm³/mol. The molecular weight excluding hydrogens is 224 g/mol. The van der Waals surface area contributed by atoms with Crippen molar-refractivity contribution in [1.29, 1.82) is 0 Å². The third kappa shape index (κ3) is 3.72. The van der Waals surface area contributed by atoms with Gasteiger partial charge in [-0.15, -0.1) is 0 Å². The molecule has 100 valence electrons. The molecule has 0 aliphatic carbocycles. The first-order chi connectivity index (χ1) is 8.79. The van der Waals surface area contributed by atoms with Crippen LogP contribution in [0.25, 0.3) is 0 Å². The Morgan fingerprint density at radius 1 is 1.39 bits per heavy atom. The molecule has 1 aromatic carbocycles. The monoisotopic (exact) mass is 248 g/mol. The Morgan fingerprint density at radius 2 is 2.28 bits per heavy atom. The van der Waals surface area contributed by atoms with E-state index in [9.17, 15) is 0 Å². The quantitative estimate of drug-likeness (QED) is 0.809. The van der Waals surface area contributed by atoms with Crippen molar-refractivity contribution in [3.05, 3.63) is 29.3 Å². The van der Waals surface area contributed by atoms with E-state index in [1.807, 2.05) is 0 Å². The van der Waals surface area contributed by atoms with Gasteiger partial charge in [-0.1, -0.05) is 19.1 Å². The number of nitrogens with one attached hydrogen (secondary N) is 2. The average molecular weight is 248 g/mol. The van der Waals surface area contributed by atoms with Crippen molar-refractivity contribution in [2.75, 3.05) is 19.7 Å². The number of hydrogen-bond acceptors (Lipinski definition) is 3. The molecule has 0 radical (unpaired) electrons. The van der Waals surface area contributed by atoms with Crippen LogP contribution >= 0.6 is 0 Å². The Kier molecular flexibility index (Phi) is 5.02. The second kappa shape index (κ2) is 6.76. The van der Waals surface area contributed by atoms with Crippen molar-refractivity contribution in [1.82, 2.24) is 10.6 Å². The van der Waals surface area contributed by atoms with E-state index in [0.29, 0.717) is 6.04 Å². The Hall–Kier alpha value is -1.06. The summed E-state index contributed by atoms with van der Waals surface area (Å²) in [5.41, 5.74) is 2.71. The van der Waals surface area contributed by atoms with E-state index in [4.69, 9.17) is 4.74 Å². The van der Waals surface area contributed by atoms with E-state index >= 15 is 0 Å². The summed E-state index contributed by atoms with van der Waals surface area (Å²) in [6.45, 7) is 8.19. The smallest absolute Gasteiger partial charge is 0.122 e. The number of aryl methyl sites for hydroxylation is 1. The molecule has 0 saturated heterocycles. The fourth-order valence-electron chi connectivity index (χ4n) is 2.25. The van der Waals surface area contributed by atoms with Gasteiger partial charge in [0.05, 0.1) is 6.61 Å². The fourth-order valence-corrected chi connectivity index (χ4v) is 2.25. The van der Waals surface area contributed by atoms with Gasteiger partial charge in [0, 0.05) is 19.1 Å². The minimum Gasteiger partial charge on any atom is -0.493 e. The molecule has 1 aliphatic rings. The Labute approximate surface area is 110 Å². The lowest BCUT2D eigenvalue weighted by atomic mass is 10.0. The Balaban J connectivity index is 1.86. The molecule has 1 atom stereocenters. The summed E-state index contributed by atoms with van der Waals surface area (Å²) in [6.07, 6.45) is 2.29. The molecule has 0 fully saturated rings. The number of fused-ring (bicyclic) bond motifs is 1. The molecule has 0 bridgehead atoms. The summed E-state index contributed by atoms with van der Waals surface area (Å²) in [6, 6.07) is 7.05. The third-order valence-corrected chi connectivity index (χ3v) is 3.33. The molecule has 3 nitrogen and oxygen atoms in total. The number of benzene rings is 1. The lowest BCUT2D eigenvalue weighted by molar-refractivity contribution is 0.288. The van der Waals surface area contributed by atoms with Crippen LogP contribution in [-0.2, 0) is 13.0 Å². The van der Waals surface area contributed by atoms with Crippen LogP contribution in [0.15, 0.2) is 18.2 Å². The van der Waals surface area contributed by atoms with Gasteiger partial charge in [-0.25, -0.2) is 0 Å². The maximum Gasteiger partial charge on any atom is 0.122 e. The van der Waals surface area contributed by atoms with Gasteiger partial charge >= 0.3 is 0 Å². The van der Waals surface area contributed by atoms with Gasteiger partial charge < -0.3 is 15.4 Å². The molecular formula is C15H24N2O. The molecule has 18 heavy (non-hydrogen) atoms. The van der Waals surface area contributed by atoms with Crippen molar-refractivity contribution in [2.45, 2.75) is 39.3 Å². The second-order valence-electron chi connectivity index (χ2n) is 4.98. The summed E-state index contributed by atoms with van der Waals surface area (Å²) in [4.78, 5) is 0. The third-order valence-electron chi connectivity index (χ3n) is 3.33. The summed E-state index contributed by atoms with van der Waals surface area (Å²) >= 11 is 0. The molecule has 0 aromatic heterocycles. The van der Waals surface area contributed by atoms with Crippen LogP contribution in [0.3, 0.4) is 0 Å². The lowest BCUT2D eigenvalue weighted by Gasteiger charge is -2.19. The van der Waals surface area contributed by atoms with Crippen molar-refractivity contribution in [3.63, 3.8) is 0 Å². The van der Waals surface area contributed by atoms with Crippen LogP contribution in [-0.4, -0.2) is 25.7 Å². The highest BCUT2D eigenvalue weighted by Crippen LogP contribution is 2.25. The molecule has 0 spiro atoms. The molecule has 0 amide bonds. The summed E-state index contributed by atoms with van der Waals surface area (Å²) in [5.74, 6) is 1.07. The minimum absolute atomic E-state index is 0.497. The minimum atomic E-state index is 0.497. The normalized spacial score (nSPS) is 15.9. The van der Waals surface area contributed by atoms with Crippen molar-refractivity contribution >= 4 is 0 Å². The SMILES string of the molecule is CCNCC(C)NCc1ccc2c(c1)CCCO2. The maximum absolute atomic E-state index is 5.63. The summed E-state index contributed by atoms with van der Waals surface area (Å²) in [5, 5.41) is 6.89. The average Bonchev–Trinajstić information content (AvgIpc) is 2.42. The van der Waals surface area contributed by atoms with E-state index < -0.39 is 0 Å². The van der Waals surface area contributed by atoms with Crippen LogP contribution in [0.5, 0.6) is 5.75 Å². The second-order valence-corrected chi connectivity index (χ2v) is 4.98. The van der Waals surface area contributed by atoms with Crippen LogP contribution in [0.2, 0.25) is 0 Å². The van der Waals surface area contributed by atoms with Gasteiger partial charge in [-0.2, -0.15) is 0 Å². The predicted octanol–water partition coefficient (Wildman–Crippen LogP) is 2.10. The number of ether oxygens (including phenoxy) is 1. The van der Waals surface area contributed by atoms with Gasteiger partial charge in [-0.3, -0.25) is 0 Å². The molecule has 1 unspecified atom stereocenters. The Morgan fingerprint density at radius 3 is 3.11 bits per heavy atom. The highest BCUT2D eigenvalue weighted by atomic mass is 16.5. The zero-order valence-corrected chi connectivity index (χ0v) is 11.5. The zero-order chi connectivity index (χ0) is 12.8. The van der Waals surface area contributed by atoms with E-state index in [1.54, 1.807) is 0 Å². The standard InChI is InChI=1S/C15H24N2O/c1-3-16-10-12(2)17-11-13-6-7-15-14(9-13)5-4-8-18-15/h6-7,9,12,16-17H,3-5,8,10-11H2,1-2H3. The first-order valence-electron chi connectivity index (χ1n) is 6.98. The van der Waals surface area contributed by atoms with Gasteiger partial charge in [0.15, 0.2) is 0 Å². The highest BCUT2D eigenvalue weighted by Gasteiger charge is 2.10. The first kappa shape index (κ1) is 13.4. The summed E-state index contributed by atoms with van der Waals surface area (Å²) < 4.78 is 5.63. The van der Waals surface area contributed by atoms with Crippen molar-refractivity contribution in [3.8, 4) is 5.75 Å². The van der Waals surface area contributed by atoms with Gasteiger partial charge in [0.2, 0.25) is 0 Å². The fraction of sp³-hybridized carbons (Fsp3) is 0.600. The first-order valence-corrected chi connectivity index (χ1v) is 6.98. The largest absolute Gasteiger partial charge is 0.493 e. The molecule has 1 aliphatic heterocycles. The van der Waals surface area contributed by atoms with Gasteiger partial charge in [0.1, 0.15) is 5.75 Å². The molecule has 2 N–H and O–H groups in total. The lowest BCUT2D eigenvalue weighted by Crippen LogP contribution is -2.35. The number of rotatable bonds is 6. The van der Waals surface area contributed by atoms with E-state index in [2.05, 4.69) is 42.7 Å². The zero-order valence-electron chi connectivity index (χ0n) is 11.5. The van der Waals surface area contributed by atoms with Crippen LogP contribution in [0.1, 0.15) is 31.4 Å². The van der Waals surface area contributed by atoms with Gasteiger partial charge in [-0.05, 0) is 43.5 Å².